The van der Waals surface area contributed by atoms with E-state index in [2.05, 4.69) is 40.6 Å². The van der Waals surface area contributed by atoms with Crippen LogP contribution < -0.4 is 5.32 Å². The van der Waals surface area contributed by atoms with Gasteiger partial charge in [-0.15, -0.1) is 11.3 Å². The van der Waals surface area contributed by atoms with Gasteiger partial charge in [0.2, 0.25) is 5.91 Å². The quantitative estimate of drug-likeness (QED) is 0.728. The van der Waals surface area contributed by atoms with E-state index in [-0.39, 0.29) is 5.91 Å². The third-order valence-electron chi connectivity index (χ3n) is 3.45. The molecule has 1 amide bonds. The Bertz CT molecular complexity index is 830. The zero-order valence-electron chi connectivity index (χ0n) is 12.9. The summed E-state index contributed by atoms with van der Waals surface area (Å²) in [7, 11) is 0. The van der Waals surface area contributed by atoms with Crippen LogP contribution in [0.2, 0.25) is 0 Å². The molecule has 3 nitrogen and oxygen atoms in total. The molecular formula is C18H18N2OS. The number of nitrogens with zero attached hydrogens (tertiary/aromatic N) is 1. The number of rotatable bonds is 2. The van der Waals surface area contributed by atoms with E-state index in [4.69, 9.17) is 0 Å². The van der Waals surface area contributed by atoms with Gasteiger partial charge in [0.1, 0.15) is 0 Å². The first-order chi connectivity index (χ1) is 10.4. The number of carbonyl (C=O) groups is 1. The van der Waals surface area contributed by atoms with E-state index in [0.717, 1.165) is 11.3 Å². The minimum atomic E-state index is -0.422. The lowest BCUT2D eigenvalue weighted by Crippen LogP contribution is -2.27. The van der Waals surface area contributed by atoms with E-state index in [9.17, 15) is 4.79 Å². The molecule has 112 valence electrons. The zero-order valence-corrected chi connectivity index (χ0v) is 13.7. The van der Waals surface area contributed by atoms with Gasteiger partial charge in [0.25, 0.3) is 0 Å². The number of thiazole rings is 1. The maximum atomic E-state index is 12.0. The van der Waals surface area contributed by atoms with E-state index in [1.165, 1.54) is 22.1 Å². The van der Waals surface area contributed by atoms with Crippen LogP contribution in [-0.4, -0.2) is 10.9 Å². The number of hydrogen-bond acceptors (Lipinski definition) is 3. The van der Waals surface area contributed by atoms with Crippen LogP contribution in [0.15, 0.2) is 47.8 Å². The van der Waals surface area contributed by atoms with Crippen LogP contribution in [0, 0.1) is 5.41 Å². The molecule has 3 aromatic rings. The van der Waals surface area contributed by atoms with Gasteiger partial charge in [0, 0.05) is 16.4 Å². The van der Waals surface area contributed by atoms with Crippen molar-refractivity contribution < 1.29 is 4.79 Å². The van der Waals surface area contributed by atoms with Gasteiger partial charge in [-0.1, -0.05) is 57.2 Å². The third kappa shape index (κ3) is 3.02. The van der Waals surface area contributed by atoms with Crippen LogP contribution in [0.4, 0.5) is 5.13 Å². The fourth-order valence-electron chi connectivity index (χ4n) is 2.10. The largest absolute Gasteiger partial charge is 0.302 e. The number of aromatic nitrogens is 1. The molecule has 0 aliphatic carbocycles. The Hall–Kier alpha value is -2.20. The average Bonchev–Trinajstić information content (AvgIpc) is 2.94. The topological polar surface area (TPSA) is 42.0 Å². The summed E-state index contributed by atoms with van der Waals surface area (Å²) in [5.74, 6) is -0.0214. The van der Waals surface area contributed by atoms with Crippen molar-refractivity contribution in [2.45, 2.75) is 20.8 Å². The first-order valence-corrected chi connectivity index (χ1v) is 8.07. The normalized spacial score (nSPS) is 11.6. The minimum absolute atomic E-state index is 0.0214. The molecule has 2 aromatic carbocycles. The lowest BCUT2D eigenvalue weighted by Gasteiger charge is -2.15. The molecule has 0 saturated carbocycles. The standard InChI is InChI=1S/C18H18N2OS/c1-18(2,3)16(21)20-17-19-15(11-22-17)14-9-8-12-6-4-5-7-13(12)10-14/h4-11H,1-3H3,(H,19,20,21). The SMILES string of the molecule is CC(C)(C)C(=O)Nc1nc(-c2ccc3ccccc3c2)cs1. The molecule has 3 rings (SSSR count). The van der Waals surface area contributed by atoms with Gasteiger partial charge in [0.05, 0.1) is 5.69 Å². The fourth-order valence-corrected chi connectivity index (χ4v) is 2.81. The highest BCUT2D eigenvalue weighted by Gasteiger charge is 2.22. The van der Waals surface area contributed by atoms with Gasteiger partial charge in [-0.3, -0.25) is 4.79 Å². The predicted octanol–water partition coefficient (Wildman–Crippen LogP) is 4.95. The van der Waals surface area contributed by atoms with Crippen molar-refractivity contribution in [2.24, 2.45) is 5.41 Å². The summed E-state index contributed by atoms with van der Waals surface area (Å²) in [5.41, 5.74) is 1.53. The molecule has 0 atom stereocenters. The lowest BCUT2D eigenvalue weighted by molar-refractivity contribution is -0.123. The molecule has 22 heavy (non-hydrogen) atoms. The number of amides is 1. The molecule has 1 N–H and O–H groups in total. The molecule has 0 bridgehead atoms. The van der Waals surface area contributed by atoms with Gasteiger partial charge in [-0.25, -0.2) is 4.98 Å². The van der Waals surface area contributed by atoms with Crippen LogP contribution >= 0.6 is 11.3 Å². The van der Waals surface area contributed by atoms with Gasteiger partial charge >= 0.3 is 0 Å². The molecule has 0 radical (unpaired) electrons. The summed E-state index contributed by atoms with van der Waals surface area (Å²) < 4.78 is 0. The fraction of sp³-hybridized carbons (Fsp3) is 0.222. The molecule has 1 heterocycles. The molecule has 0 unspecified atom stereocenters. The Morgan fingerprint density at radius 2 is 1.82 bits per heavy atom. The van der Waals surface area contributed by atoms with Crippen LogP contribution in [-0.2, 0) is 4.79 Å². The molecule has 0 fully saturated rings. The van der Waals surface area contributed by atoms with Crippen molar-refractivity contribution in [3.8, 4) is 11.3 Å². The number of fused-ring (bicyclic) bond motifs is 1. The number of carbonyl (C=O) groups excluding carboxylic acids is 1. The Labute approximate surface area is 134 Å². The molecule has 1 aromatic heterocycles. The number of benzene rings is 2. The van der Waals surface area contributed by atoms with Crippen LogP contribution in [0.5, 0.6) is 0 Å². The van der Waals surface area contributed by atoms with Gasteiger partial charge in [-0.05, 0) is 16.8 Å². The Morgan fingerprint density at radius 1 is 1.09 bits per heavy atom. The molecule has 0 aliphatic heterocycles. The van der Waals surface area contributed by atoms with E-state index in [0.29, 0.717) is 5.13 Å². The van der Waals surface area contributed by atoms with Crippen molar-refractivity contribution in [1.29, 1.82) is 0 Å². The summed E-state index contributed by atoms with van der Waals surface area (Å²) in [5, 5.41) is 7.89. The second kappa shape index (κ2) is 5.54. The summed E-state index contributed by atoms with van der Waals surface area (Å²) in [6.07, 6.45) is 0. The summed E-state index contributed by atoms with van der Waals surface area (Å²) in [4.78, 5) is 16.5. The van der Waals surface area contributed by atoms with Crippen molar-refractivity contribution in [2.75, 3.05) is 5.32 Å². The van der Waals surface area contributed by atoms with E-state index >= 15 is 0 Å². The smallest absolute Gasteiger partial charge is 0.231 e. The van der Waals surface area contributed by atoms with E-state index < -0.39 is 5.41 Å². The van der Waals surface area contributed by atoms with Gasteiger partial charge in [-0.2, -0.15) is 0 Å². The Kier molecular flexibility index (Phi) is 3.71. The highest BCUT2D eigenvalue weighted by molar-refractivity contribution is 7.14. The first kappa shape index (κ1) is 14.7. The van der Waals surface area contributed by atoms with Crippen LogP contribution in [0.3, 0.4) is 0 Å². The maximum Gasteiger partial charge on any atom is 0.231 e. The van der Waals surface area contributed by atoms with Gasteiger partial charge in [0.15, 0.2) is 5.13 Å². The predicted molar refractivity (Wildman–Crippen MR) is 93.1 cm³/mol. The number of nitrogens with one attached hydrogen (secondary N) is 1. The molecule has 0 saturated heterocycles. The Balaban J connectivity index is 1.87. The maximum absolute atomic E-state index is 12.0. The highest BCUT2D eigenvalue weighted by atomic mass is 32.1. The second-order valence-corrected chi connectivity index (χ2v) is 7.16. The Morgan fingerprint density at radius 3 is 2.55 bits per heavy atom. The average molecular weight is 310 g/mol. The minimum Gasteiger partial charge on any atom is -0.302 e. The first-order valence-electron chi connectivity index (χ1n) is 7.20. The second-order valence-electron chi connectivity index (χ2n) is 6.30. The molecule has 0 spiro atoms. The van der Waals surface area contributed by atoms with Crippen molar-refractivity contribution in [3.05, 3.63) is 47.8 Å². The summed E-state index contributed by atoms with van der Waals surface area (Å²) in [6, 6.07) is 14.5. The van der Waals surface area contributed by atoms with Crippen molar-refractivity contribution >= 4 is 33.1 Å². The van der Waals surface area contributed by atoms with Crippen LogP contribution in [0.1, 0.15) is 20.8 Å². The van der Waals surface area contributed by atoms with Crippen molar-refractivity contribution in [1.82, 2.24) is 4.98 Å². The lowest BCUT2D eigenvalue weighted by atomic mass is 9.96. The summed E-state index contributed by atoms with van der Waals surface area (Å²) in [6.45, 7) is 5.67. The van der Waals surface area contributed by atoms with E-state index in [1.807, 2.05) is 38.3 Å². The van der Waals surface area contributed by atoms with Gasteiger partial charge < -0.3 is 5.32 Å². The van der Waals surface area contributed by atoms with Crippen molar-refractivity contribution in [3.63, 3.8) is 0 Å². The molecular weight excluding hydrogens is 292 g/mol. The zero-order chi connectivity index (χ0) is 15.7. The molecule has 0 aliphatic rings. The number of anilines is 1. The highest BCUT2D eigenvalue weighted by Crippen LogP contribution is 2.28. The van der Waals surface area contributed by atoms with E-state index in [1.54, 1.807) is 0 Å². The molecule has 4 heteroatoms. The number of hydrogen-bond donors (Lipinski definition) is 1. The third-order valence-corrected chi connectivity index (χ3v) is 4.21. The monoisotopic (exact) mass is 310 g/mol. The van der Waals surface area contributed by atoms with Crippen LogP contribution in [0.25, 0.3) is 22.0 Å². The summed E-state index contributed by atoms with van der Waals surface area (Å²) >= 11 is 1.45.